The summed E-state index contributed by atoms with van der Waals surface area (Å²) in [6, 6.07) is 0. The van der Waals surface area contributed by atoms with Crippen molar-refractivity contribution in [3.05, 3.63) is 0 Å². The van der Waals surface area contributed by atoms with Crippen LogP contribution in [0.2, 0.25) is 0 Å². The quantitative estimate of drug-likeness (QED) is 0.294. The first-order valence-electron chi connectivity index (χ1n) is 6.37. The number of amides is 1. The molecule has 18 heavy (non-hydrogen) atoms. The van der Waals surface area contributed by atoms with Gasteiger partial charge < -0.3 is 21.0 Å². The molecule has 0 aromatic carbocycles. The molecule has 0 aromatic heterocycles. The number of nitrogens with one attached hydrogen (secondary N) is 1. The Morgan fingerprint density at radius 1 is 1.39 bits per heavy atom. The summed E-state index contributed by atoms with van der Waals surface area (Å²) in [5.74, 6) is -0.154. The molecule has 6 nitrogen and oxygen atoms in total. The van der Waals surface area contributed by atoms with Gasteiger partial charge in [-0.25, -0.2) is 0 Å². The van der Waals surface area contributed by atoms with E-state index in [-0.39, 0.29) is 17.2 Å². The Bertz CT molecular complexity index is 358. The van der Waals surface area contributed by atoms with Gasteiger partial charge >= 0.3 is 0 Å². The fourth-order valence-corrected chi connectivity index (χ4v) is 2.27. The lowest BCUT2D eigenvalue weighted by Crippen LogP contribution is -2.53. The van der Waals surface area contributed by atoms with E-state index in [9.17, 15) is 4.79 Å². The molecular formula is C12H21N3O3. The molecule has 0 aromatic rings. The summed E-state index contributed by atoms with van der Waals surface area (Å²) >= 11 is 0. The smallest absolute Gasteiger partial charge is 0.234 e. The second kappa shape index (κ2) is 4.76. The molecule has 4 N–H and O–H groups in total. The summed E-state index contributed by atoms with van der Waals surface area (Å²) < 4.78 is 5.26. The number of rotatable bonds is 4. The van der Waals surface area contributed by atoms with Crippen molar-refractivity contribution in [2.75, 3.05) is 19.8 Å². The molecule has 2 rings (SSSR count). The van der Waals surface area contributed by atoms with Gasteiger partial charge in [-0.2, -0.15) is 0 Å². The van der Waals surface area contributed by atoms with Crippen molar-refractivity contribution < 1.29 is 14.7 Å². The summed E-state index contributed by atoms with van der Waals surface area (Å²) in [5, 5.41) is 14.9. The van der Waals surface area contributed by atoms with Crippen LogP contribution in [-0.2, 0) is 9.53 Å². The van der Waals surface area contributed by atoms with Crippen molar-refractivity contribution >= 4 is 11.7 Å². The van der Waals surface area contributed by atoms with Crippen LogP contribution < -0.4 is 11.1 Å². The van der Waals surface area contributed by atoms with Gasteiger partial charge in [-0.3, -0.25) is 4.79 Å². The Labute approximate surface area is 107 Å². The second-order valence-corrected chi connectivity index (χ2v) is 5.67. The zero-order chi connectivity index (χ0) is 13.2. The first-order valence-corrected chi connectivity index (χ1v) is 6.37. The monoisotopic (exact) mass is 255 g/mol. The molecule has 1 aliphatic carbocycles. The highest BCUT2D eigenvalue weighted by Crippen LogP contribution is 2.44. The minimum Gasteiger partial charge on any atom is -0.409 e. The summed E-state index contributed by atoms with van der Waals surface area (Å²) in [6.45, 7) is 3.72. The first-order chi connectivity index (χ1) is 8.52. The Morgan fingerprint density at radius 3 is 2.50 bits per heavy atom. The first kappa shape index (κ1) is 13.1. The number of amidine groups is 1. The molecule has 0 spiro atoms. The average Bonchev–Trinajstić information content (AvgIpc) is 3.14. The van der Waals surface area contributed by atoms with Crippen LogP contribution in [-0.4, -0.2) is 36.7 Å². The molecule has 0 atom stereocenters. The number of hydrogen-bond donors (Lipinski definition) is 3. The predicted octanol–water partition coefficient (Wildman–Crippen LogP) is 0.446. The van der Waals surface area contributed by atoms with E-state index in [2.05, 4.69) is 17.4 Å². The van der Waals surface area contributed by atoms with Gasteiger partial charge in [-0.15, -0.1) is 0 Å². The third-order valence-electron chi connectivity index (χ3n) is 4.16. The lowest BCUT2D eigenvalue weighted by Gasteiger charge is -2.34. The van der Waals surface area contributed by atoms with Crippen LogP contribution in [0.15, 0.2) is 5.16 Å². The van der Waals surface area contributed by atoms with Gasteiger partial charge in [0, 0.05) is 19.8 Å². The molecule has 1 saturated heterocycles. The van der Waals surface area contributed by atoms with Gasteiger partial charge in [0.1, 0.15) is 5.41 Å². The Kier molecular flexibility index (Phi) is 3.47. The fraction of sp³-hybridized carbons (Fsp3) is 0.833. The van der Waals surface area contributed by atoms with E-state index in [1.807, 2.05) is 0 Å². The highest BCUT2D eigenvalue weighted by atomic mass is 16.5. The third-order valence-corrected chi connectivity index (χ3v) is 4.16. The van der Waals surface area contributed by atoms with Crippen molar-refractivity contribution in [3.63, 3.8) is 0 Å². The summed E-state index contributed by atoms with van der Waals surface area (Å²) in [5.41, 5.74) is 5.06. The van der Waals surface area contributed by atoms with E-state index in [1.165, 1.54) is 0 Å². The fourth-order valence-electron chi connectivity index (χ4n) is 2.27. The van der Waals surface area contributed by atoms with Crippen LogP contribution in [0.3, 0.4) is 0 Å². The molecule has 1 saturated carbocycles. The van der Waals surface area contributed by atoms with E-state index in [0.717, 1.165) is 12.8 Å². The van der Waals surface area contributed by atoms with Gasteiger partial charge in [-0.05, 0) is 31.1 Å². The Morgan fingerprint density at radius 2 is 2.00 bits per heavy atom. The summed E-state index contributed by atoms with van der Waals surface area (Å²) in [6.07, 6.45) is 3.22. The molecular weight excluding hydrogens is 234 g/mol. The second-order valence-electron chi connectivity index (χ2n) is 5.67. The number of hydrogen-bond acceptors (Lipinski definition) is 4. The largest absolute Gasteiger partial charge is 0.409 e. The van der Waals surface area contributed by atoms with Gasteiger partial charge in [0.15, 0.2) is 5.84 Å². The zero-order valence-electron chi connectivity index (χ0n) is 10.7. The van der Waals surface area contributed by atoms with Crippen molar-refractivity contribution in [1.82, 2.24) is 5.32 Å². The SMILES string of the molecule is CC1(CNC(=O)C2(C(N)=NO)CCOCC2)CC1. The maximum Gasteiger partial charge on any atom is 0.234 e. The van der Waals surface area contributed by atoms with Crippen molar-refractivity contribution in [1.29, 1.82) is 0 Å². The average molecular weight is 255 g/mol. The van der Waals surface area contributed by atoms with Crippen LogP contribution in [0, 0.1) is 10.8 Å². The molecule has 0 bridgehead atoms. The molecule has 1 amide bonds. The number of carbonyl (C=O) groups excluding carboxylic acids is 1. The van der Waals surface area contributed by atoms with Crippen LogP contribution in [0.4, 0.5) is 0 Å². The predicted molar refractivity (Wildman–Crippen MR) is 66.2 cm³/mol. The highest BCUT2D eigenvalue weighted by molar-refractivity contribution is 6.06. The highest BCUT2D eigenvalue weighted by Gasteiger charge is 2.46. The lowest BCUT2D eigenvalue weighted by molar-refractivity contribution is -0.131. The normalized spacial score (nSPS) is 25.5. The van der Waals surface area contributed by atoms with Crippen LogP contribution in [0.1, 0.15) is 32.6 Å². The van der Waals surface area contributed by atoms with Crippen LogP contribution >= 0.6 is 0 Å². The van der Waals surface area contributed by atoms with Gasteiger partial charge in [0.05, 0.1) is 0 Å². The van der Waals surface area contributed by atoms with Gasteiger partial charge in [0.25, 0.3) is 0 Å². The van der Waals surface area contributed by atoms with Crippen LogP contribution in [0.5, 0.6) is 0 Å². The molecule has 1 aliphatic heterocycles. The number of carbonyl (C=O) groups is 1. The molecule has 1 heterocycles. The Balaban J connectivity index is 2.05. The van der Waals surface area contributed by atoms with E-state index in [0.29, 0.717) is 32.6 Å². The minimum absolute atomic E-state index is 0.00995. The summed E-state index contributed by atoms with van der Waals surface area (Å²) in [4.78, 5) is 12.4. The maximum atomic E-state index is 12.4. The number of nitrogens with two attached hydrogens (primary N) is 1. The molecule has 0 unspecified atom stereocenters. The zero-order valence-corrected chi connectivity index (χ0v) is 10.7. The molecule has 0 radical (unpaired) electrons. The molecule has 6 heteroatoms. The van der Waals surface area contributed by atoms with Gasteiger partial charge in [-0.1, -0.05) is 12.1 Å². The standard InChI is InChI=1S/C12H21N3O3/c1-11(2-3-11)8-14-10(16)12(9(13)15-17)4-6-18-7-5-12/h17H,2-8H2,1H3,(H2,13,15)(H,14,16). The van der Waals surface area contributed by atoms with Crippen LogP contribution in [0.25, 0.3) is 0 Å². The van der Waals surface area contributed by atoms with E-state index in [1.54, 1.807) is 0 Å². The number of oxime groups is 1. The molecule has 2 fully saturated rings. The topological polar surface area (TPSA) is 96.9 Å². The molecule has 102 valence electrons. The van der Waals surface area contributed by atoms with Crippen molar-refractivity contribution in [2.45, 2.75) is 32.6 Å². The third kappa shape index (κ3) is 2.43. The van der Waals surface area contributed by atoms with Gasteiger partial charge in [0.2, 0.25) is 5.91 Å². The summed E-state index contributed by atoms with van der Waals surface area (Å²) in [7, 11) is 0. The Hall–Kier alpha value is -1.30. The molecule has 2 aliphatic rings. The number of ether oxygens (including phenoxy) is 1. The van der Waals surface area contributed by atoms with Crippen molar-refractivity contribution in [3.8, 4) is 0 Å². The number of nitrogens with zero attached hydrogens (tertiary/aromatic N) is 1. The van der Waals surface area contributed by atoms with E-state index in [4.69, 9.17) is 15.7 Å². The lowest BCUT2D eigenvalue weighted by atomic mass is 9.78. The van der Waals surface area contributed by atoms with E-state index < -0.39 is 5.41 Å². The van der Waals surface area contributed by atoms with E-state index >= 15 is 0 Å². The minimum atomic E-state index is -0.905. The maximum absolute atomic E-state index is 12.4. The van der Waals surface area contributed by atoms with Crippen molar-refractivity contribution in [2.24, 2.45) is 21.7 Å².